The fourth-order valence-corrected chi connectivity index (χ4v) is 1.27. The SMILES string of the molecule is CC(C)(C)OC(=O)NCC(=O)N[C@@](C)(/C=C/CN)C(=O)O. The highest BCUT2D eigenvalue weighted by molar-refractivity contribution is 5.90. The number of carbonyl (C=O) groups excluding carboxylic acids is 2. The number of carbonyl (C=O) groups is 3. The highest BCUT2D eigenvalue weighted by atomic mass is 16.6. The molecule has 0 saturated carbocycles. The van der Waals surface area contributed by atoms with E-state index >= 15 is 0 Å². The van der Waals surface area contributed by atoms with Crippen LogP contribution in [0.15, 0.2) is 12.2 Å². The van der Waals surface area contributed by atoms with Crippen molar-refractivity contribution in [1.82, 2.24) is 10.6 Å². The summed E-state index contributed by atoms with van der Waals surface area (Å²) in [6, 6.07) is 0. The molecule has 0 aliphatic carbocycles. The Morgan fingerprint density at radius 2 is 1.81 bits per heavy atom. The summed E-state index contributed by atoms with van der Waals surface area (Å²) in [5.41, 5.74) is 2.99. The molecular weight excluding hydrogens is 278 g/mol. The summed E-state index contributed by atoms with van der Waals surface area (Å²) in [6.45, 7) is 6.12. The van der Waals surface area contributed by atoms with Crippen LogP contribution in [-0.4, -0.2) is 47.3 Å². The minimum absolute atomic E-state index is 0.148. The summed E-state index contributed by atoms with van der Waals surface area (Å²) in [5.74, 6) is -1.90. The molecule has 0 aromatic carbocycles. The van der Waals surface area contributed by atoms with Gasteiger partial charge in [-0.3, -0.25) is 4.79 Å². The third-order valence-corrected chi connectivity index (χ3v) is 2.22. The largest absolute Gasteiger partial charge is 0.479 e. The summed E-state index contributed by atoms with van der Waals surface area (Å²) in [4.78, 5) is 34.2. The van der Waals surface area contributed by atoms with Crippen LogP contribution >= 0.6 is 0 Å². The van der Waals surface area contributed by atoms with E-state index in [0.717, 1.165) is 0 Å². The normalized spacial score (nSPS) is 14.3. The first-order valence-electron chi connectivity index (χ1n) is 6.39. The summed E-state index contributed by atoms with van der Waals surface area (Å²) in [5, 5.41) is 13.7. The number of hydrogen-bond donors (Lipinski definition) is 4. The first kappa shape index (κ1) is 18.9. The topological polar surface area (TPSA) is 131 Å². The number of nitrogens with one attached hydrogen (secondary N) is 2. The number of alkyl carbamates (subject to hydrolysis) is 1. The van der Waals surface area contributed by atoms with Crippen LogP contribution in [0.5, 0.6) is 0 Å². The maximum atomic E-state index is 11.7. The van der Waals surface area contributed by atoms with Gasteiger partial charge in [0.1, 0.15) is 12.1 Å². The number of amides is 2. The van der Waals surface area contributed by atoms with Gasteiger partial charge in [-0.2, -0.15) is 0 Å². The molecule has 0 spiro atoms. The molecule has 0 heterocycles. The van der Waals surface area contributed by atoms with E-state index in [-0.39, 0.29) is 6.54 Å². The Balaban J connectivity index is 4.50. The molecule has 0 bridgehead atoms. The van der Waals surface area contributed by atoms with Gasteiger partial charge in [-0.25, -0.2) is 9.59 Å². The van der Waals surface area contributed by atoms with Crippen LogP contribution in [0.2, 0.25) is 0 Å². The molecule has 2 amide bonds. The second-order valence-electron chi connectivity index (χ2n) is 5.55. The molecule has 1 atom stereocenters. The molecule has 0 radical (unpaired) electrons. The Morgan fingerprint density at radius 3 is 2.24 bits per heavy atom. The van der Waals surface area contributed by atoms with E-state index in [9.17, 15) is 14.4 Å². The van der Waals surface area contributed by atoms with Gasteiger partial charge in [0.15, 0.2) is 5.54 Å². The van der Waals surface area contributed by atoms with Crippen molar-refractivity contribution in [2.45, 2.75) is 38.8 Å². The molecule has 0 aromatic heterocycles. The fourth-order valence-electron chi connectivity index (χ4n) is 1.27. The van der Waals surface area contributed by atoms with Gasteiger partial charge >= 0.3 is 12.1 Å². The minimum Gasteiger partial charge on any atom is -0.479 e. The zero-order valence-corrected chi connectivity index (χ0v) is 12.7. The number of carboxylic acid groups (broad SMARTS) is 1. The first-order chi connectivity index (χ1) is 9.50. The van der Waals surface area contributed by atoms with E-state index in [1.54, 1.807) is 20.8 Å². The predicted octanol–water partition coefficient (Wildman–Crippen LogP) is -0.0145. The van der Waals surface area contributed by atoms with Crippen molar-refractivity contribution in [2.24, 2.45) is 5.73 Å². The van der Waals surface area contributed by atoms with Crippen LogP contribution < -0.4 is 16.4 Å². The number of nitrogens with two attached hydrogens (primary N) is 1. The average molecular weight is 301 g/mol. The lowest BCUT2D eigenvalue weighted by molar-refractivity contribution is -0.144. The lowest BCUT2D eigenvalue weighted by Gasteiger charge is -2.23. The molecule has 21 heavy (non-hydrogen) atoms. The van der Waals surface area contributed by atoms with Gasteiger partial charge in [-0.15, -0.1) is 0 Å². The standard InChI is InChI=1S/C13H23N3O5/c1-12(2,3)21-11(20)15-8-9(17)16-13(4,10(18)19)6-5-7-14/h5-6H,7-8,14H2,1-4H3,(H,15,20)(H,16,17)(H,18,19)/b6-5+/t13-/m0/s1. The van der Waals surface area contributed by atoms with Crippen LogP contribution in [0.25, 0.3) is 0 Å². The molecule has 0 unspecified atom stereocenters. The second-order valence-corrected chi connectivity index (χ2v) is 5.55. The van der Waals surface area contributed by atoms with Gasteiger partial charge in [0.05, 0.1) is 0 Å². The third-order valence-electron chi connectivity index (χ3n) is 2.22. The smallest absolute Gasteiger partial charge is 0.408 e. The van der Waals surface area contributed by atoms with E-state index in [2.05, 4.69) is 10.6 Å². The number of ether oxygens (including phenoxy) is 1. The van der Waals surface area contributed by atoms with E-state index < -0.39 is 35.7 Å². The number of aliphatic carboxylic acids is 1. The number of carboxylic acids is 1. The lowest BCUT2D eigenvalue weighted by Crippen LogP contribution is -2.53. The van der Waals surface area contributed by atoms with Crippen molar-refractivity contribution in [2.75, 3.05) is 13.1 Å². The Bertz CT molecular complexity index is 428. The lowest BCUT2D eigenvalue weighted by atomic mass is 10.0. The van der Waals surface area contributed by atoms with Gasteiger partial charge in [0, 0.05) is 6.54 Å². The van der Waals surface area contributed by atoms with E-state index in [4.69, 9.17) is 15.6 Å². The van der Waals surface area contributed by atoms with Crippen molar-refractivity contribution in [3.8, 4) is 0 Å². The monoisotopic (exact) mass is 301 g/mol. The van der Waals surface area contributed by atoms with Crippen molar-refractivity contribution in [3.05, 3.63) is 12.2 Å². The summed E-state index contributed by atoms with van der Waals surface area (Å²) in [6.07, 6.45) is 1.95. The van der Waals surface area contributed by atoms with Crippen LogP contribution in [0.1, 0.15) is 27.7 Å². The molecule has 0 rings (SSSR count). The molecule has 120 valence electrons. The molecular formula is C13H23N3O5. The maximum absolute atomic E-state index is 11.7. The van der Waals surface area contributed by atoms with Gasteiger partial charge < -0.3 is 26.2 Å². The Morgan fingerprint density at radius 1 is 1.24 bits per heavy atom. The van der Waals surface area contributed by atoms with Crippen LogP contribution in [0.3, 0.4) is 0 Å². The third kappa shape index (κ3) is 7.93. The molecule has 0 fully saturated rings. The highest BCUT2D eigenvalue weighted by Crippen LogP contribution is 2.07. The van der Waals surface area contributed by atoms with Crippen molar-refractivity contribution in [1.29, 1.82) is 0 Å². The number of rotatable bonds is 6. The van der Waals surface area contributed by atoms with E-state index in [1.165, 1.54) is 19.1 Å². The quantitative estimate of drug-likeness (QED) is 0.510. The summed E-state index contributed by atoms with van der Waals surface area (Å²) in [7, 11) is 0. The zero-order valence-electron chi connectivity index (χ0n) is 12.7. The summed E-state index contributed by atoms with van der Waals surface area (Å²) >= 11 is 0. The second kappa shape index (κ2) is 7.63. The predicted molar refractivity (Wildman–Crippen MR) is 76.6 cm³/mol. The highest BCUT2D eigenvalue weighted by Gasteiger charge is 2.31. The van der Waals surface area contributed by atoms with E-state index in [1.807, 2.05) is 0 Å². The molecule has 0 aliphatic rings. The molecule has 0 aromatic rings. The molecule has 8 heteroatoms. The molecule has 5 N–H and O–H groups in total. The first-order valence-corrected chi connectivity index (χ1v) is 6.39. The van der Waals surface area contributed by atoms with Crippen molar-refractivity contribution >= 4 is 18.0 Å². The van der Waals surface area contributed by atoms with E-state index in [0.29, 0.717) is 0 Å². The van der Waals surface area contributed by atoms with Crippen LogP contribution in [0, 0.1) is 0 Å². The van der Waals surface area contributed by atoms with Gasteiger partial charge in [0.2, 0.25) is 5.91 Å². The van der Waals surface area contributed by atoms with Crippen LogP contribution in [0.4, 0.5) is 4.79 Å². The summed E-state index contributed by atoms with van der Waals surface area (Å²) < 4.78 is 4.95. The van der Waals surface area contributed by atoms with Gasteiger partial charge in [-0.05, 0) is 27.7 Å². The Kier molecular flexibility index (Phi) is 6.87. The molecule has 8 nitrogen and oxygen atoms in total. The Labute approximate surface area is 123 Å². The zero-order chi connectivity index (χ0) is 16.7. The maximum Gasteiger partial charge on any atom is 0.408 e. The molecule has 0 aliphatic heterocycles. The number of hydrogen-bond acceptors (Lipinski definition) is 5. The average Bonchev–Trinajstić information content (AvgIpc) is 2.31. The van der Waals surface area contributed by atoms with Crippen LogP contribution in [-0.2, 0) is 14.3 Å². The van der Waals surface area contributed by atoms with Crippen molar-refractivity contribution < 1.29 is 24.2 Å². The fraction of sp³-hybridized carbons (Fsp3) is 0.615. The van der Waals surface area contributed by atoms with Crippen molar-refractivity contribution in [3.63, 3.8) is 0 Å². The van der Waals surface area contributed by atoms with Gasteiger partial charge in [0.25, 0.3) is 0 Å². The Hall–Kier alpha value is -2.09. The van der Waals surface area contributed by atoms with Gasteiger partial charge in [-0.1, -0.05) is 12.2 Å². The molecule has 0 saturated heterocycles. The minimum atomic E-state index is -1.59.